The number of carbonyl (C=O) groups excluding carboxylic acids is 2. The van der Waals surface area contributed by atoms with Crippen molar-refractivity contribution in [3.8, 4) is 0 Å². The minimum atomic E-state index is -0.353. The maximum Gasteiger partial charge on any atom is 0.267 e. The molecule has 1 aromatic carbocycles. The second kappa shape index (κ2) is 9.76. The summed E-state index contributed by atoms with van der Waals surface area (Å²) in [6.07, 6.45) is 5.11. The molecule has 30 heavy (non-hydrogen) atoms. The van der Waals surface area contributed by atoms with Gasteiger partial charge in [-0.25, -0.2) is 0 Å². The number of furan rings is 1. The summed E-state index contributed by atoms with van der Waals surface area (Å²) in [5.74, 6) is 0.00510. The van der Waals surface area contributed by atoms with E-state index in [4.69, 9.17) is 9.15 Å². The van der Waals surface area contributed by atoms with Crippen molar-refractivity contribution in [2.75, 3.05) is 13.2 Å². The molecule has 1 saturated heterocycles. The van der Waals surface area contributed by atoms with Gasteiger partial charge in [0, 0.05) is 30.7 Å². The SMILES string of the molecule is CC(C)(C)C1OCCCC1CNC(=O)/C(=C/c1ccco1)NC(=O)c1ccccc1. The lowest BCUT2D eigenvalue weighted by atomic mass is 9.78. The third-order valence-corrected chi connectivity index (χ3v) is 5.18. The van der Waals surface area contributed by atoms with Crippen LogP contribution in [0.5, 0.6) is 0 Å². The number of ether oxygens (including phenoxy) is 1. The molecule has 160 valence electrons. The Morgan fingerprint density at radius 3 is 2.57 bits per heavy atom. The summed E-state index contributed by atoms with van der Waals surface area (Å²) in [6, 6.07) is 12.2. The van der Waals surface area contributed by atoms with Crippen LogP contribution in [-0.4, -0.2) is 31.1 Å². The molecule has 2 N–H and O–H groups in total. The van der Waals surface area contributed by atoms with E-state index in [0.29, 0.717) is 17.9 Å². The van der Waals surface area contributed by atoms with Crippen molar-refractivity contribution in [1.29, 1.82) is 0 Å². The third kappa shape index (κ3) is 5.83. The van der Waals surface area contributed by atoms with Gasteiger partial charge in [-0.15, -0.1) is 0 Å². The van der Waals surface area contributed by atoms with Crippen LogP contribution < -0.4 is 10.6 Å². The Morgan fingerprint density at radius 1 is 1.13 bits per heavy atom. The van der Waals surface area contributed by atoms with Crippen LogP contribution in [0, 0.1) is 11.3 Å². The molecule has 6 nitrogen and oxygen atoms in total. The Morgan fingerprint density at radius 2 is 1.90 bits per heavy atom. The fourth-order valence-corrected chi connectivity index (χ4v) is 3.79. The Bertz CT molecular complexity index is 866. The maximum absolute atomic E-state index is 13.0. The van der Waals surface area contributed by atoms with Crippen LogP contribution in [0.2, 0.25) is 0 Å². The van der Waals surface area contributed by atoms with Crippen molar-refractivity contribution in [3.05, 3.63) is 65.7 Å². The fourth-order valence-electron chi connectivity index (χ4n) is 3.79. The highest BCUT2D eigenvalue weighted by atomic mass is 16.5. The molecular formula is C24H30N2O4. The van der Waals surface area contributed by atoms with Gasteiger partial charge in [0.15, 0.2) is 0 Å². The molecule has 2 heterocycles. The van der Waals surface area contributed by atoms with E-state index in [9.17, 15) is 9.59 Å². The van der Waals surface area contributed by atoms with Crippen molar-refractivity contribution in [3.63, 3.8) is 0 Å². The standard InChI is InChI=1S/C24H30N2O4/c1-24(2,3)21-18(11-7-14-30-21)16-25-23(28)20(15-19-12-8-13-29-19)26-22(27)17-9-5-4-6-10-17/h4-6,8-10,12-13,15,18,21H,7,11,14,16H2,1-3H3,(H,25,28)(H,26,27)/b20-15-. The van der Waals surface area contributed by atoms with Gasteiger partial charge in [0.1, 0.15) is 11.5 Å². The number of carbonyl (C=O) groups is 2. The van der Waals surface area contributed by atoms with Gasteiger partial charge in [-0.2, -0.15) is 0 Å². The van der Waals surface area contributed by atoms with Gasteiger partial charge in [0.05, 0.1) is 12.4 Å². The molecule has 2 atom stereocenters. The van der Waals surface area contributed by atoms with Gasteiger partial charge >= 0.3 is 0 Å². The largest absolute Gasteiger partial charge is 0.465 e. The predicted molar refractivity (Wildman–Crippen MR) is 116 cm³/mol. The second-order valence-corrected chi connectivity index (χ2v) is 8.66. The molecule has 1 aliphatic heterocycles. The highest BCUT2D eigenvalue weighted by Crippen LogP contribution is 2.33. The summed E-state index contributed by atoms with van der Waals surface area (Å²) in [7, 11) is 0. The fraction of sp³-hybridized carbons (Fsp3) is 0.417. The van der Waals surface area contributed by atoms with Gasteiger partial charge in [-0.3, -0.25) is 9.59 Å². The minimum absolute atomic E-state index is 0.00974. The molecule has 1 aliphatic rings. The van der Waals surface area contributed by atoms with E-state index in [2.05, 4.69) is 31.4 Å². The molecular weight excluding hydrogens is 380 g/mol. The van der Waals surface area contributed by atoms with Gasteiger partial charge < -0.3 is 19.8 Å². The number of hydrogen-bond acceptors (Lipinski definition) is 4. The van der Waals surface area contributed by atoms with Gasteiger partial charge in [0.25, 0.3) is 11.8 Å². The van der Waals surface area contributed by atoms with E-state index in [-0.39, 0.29) is 34.9 Å². The Labute approximate surface area is 177 Å². The van der Waals surface area contributed by atoms with Crippen LogP contribution in [0.25, 0.3) is 6.08 Å². The summed E-state index contributed by atoms with van der Waals surface area (Å²) in [5, 5.41) is 5.70. The Hall–Kier alpha value is -2.86. The van der Waals surface area contributed by atoms with Crippen molar-refractivity contribution < 1.29 is 18.7 Å². The van der Waals surface area contributed by atoms with E-state index in [0.717, 1.165) is 19.4 Å². The normalized spacial score (nSPS) is 19.9. The number of nitrogens with one attached hydrogen (secondary N) is 2. The average molecular weight is 411 g/mol. The van der Waals surface area contributed by atoms with E-state index in [1.165, 1.54) is 12.3 Å². The van der Waals surface area contributed by atoms with Crippen molar-refractivity contribution >= 4 is 17.9 Å². The first-order valence-electron chi connectivity index (χ1n) is 10.4. The van der Waals surface area contributed by atoms with E-state index >= 15 is 0 Å². The van der Waals surface area contributed by atoms with Crippen molar-refractivity contribution in [1.82, 2.24) is 10.6 Å². The van der Waals surface area contributed by atoms with Gasteiger partial charge in [-0.1, -0.05) is 39.0 Å². The first kappa shape index (κ1) is 21.8. The minimum Gasteiger partial charge on any atom is -0.465 e. The number of hydrogen-bond donors (Lipinski definition) is 2. The Kier molecular flexibility index (Phi) is 7.11. The second-order valence-electron chi connectivity index (χ2n) is 8.66. The average Bonchev–Trinajstić information content (AvgIpc) is 3.25. The molecule has 3 rings (SSSR count). The summed E-state index contributed by atoms with van der Waals surface area (Å²) >= 11 is 0. The van der Waals surface area contributed by atoms with Crippen LogP contribution >= 0.6 is 0 Å². The smallest absolute Gasteiger partial charge is 0.267 e. The molecule has 0 radical (unpaired) electrons. The summed E-state index contributed by atoms with van der Waals surface area (Å²) in [6.45, 7) is 7.70. The van der Waals surface area contributed by atoms with E-state index in [1.807, 2.05) is 6.07 Å². The summed E-state index contributed by atoms with van der Waals surface area (Å²) < 4.78 is 11.3. The van der Waals surface area contributed by atoms with E-state index < -0.39 is 0 Å². The quantitative estimate of drug-likeness (QED) is 0.705. The molecule has 2 amide bonds. The molecule has 6 heteroatoms. The molecule has 0 bridgehead atoms. The molecule has 0 aliphatic carbocycles. The van der Waals surface area contributed by atoms with Crippen LogP contribution in [0.3, 0.4) is 0 Å². The zero-order valence-electron chi connectivity index (χ0n) is 17.8. The topological polar surface area (TPSA) is 80.6 Å². The van der Waals surface area contributed by atoms with E-state index in [1.54, 1.807) is 36.4 Å². The highest BCUT2D eigenvalue weighted by Gasteiger charge is 2.35. The highest BCUT2D eigenvalue weighted by molar-refractivity contribution is 6.05. The first-order chi connectivity index (χ1) is 14.3. The predicted octanol–water partition coefficient (Wildman–Crippen LogP) is 4.01. The van der Waals surface area contributed by atoms with Crippen LogP contribution in [-0.2, 0) is 9.53 Å². The van der Waals surface area contributed by atoms with Gasteiger partial charge in [0.2, 0.25) is 0 Å². The molecule has 2 unspecified atom stereocenters. The van der Waals surface area contributed by atoms with Crippen molar-refractivity contribution in [2.24, 2.45) is 11.3 Å². The summed E-state index contributed by atoms with van der Waals surface area (Å²) in [4.78, 5) is 25.6. The number of benzene rings is 1. The molecule has 2 aromatic rings. The number of rotatable bonds is 6. The zero-order chi connectivity index (χ0) is 21.6. The maximum atomic E-state index is 13.0. The van der Waals surface area contributed by atoms with Crippen LogP contribution in [0.4, 0.5) is 0 Å². The Balaban J connectivity index is 1.71. The lowest BCUT2D eigenvalue weighted by molar-refractivity contribution is -0.119. The van der Waals surface area contributed by atoms with Crippen molar-refractivity contribution in [2.45, 2.75) is 39.7 Å². The van der Waals surface area contributed by atoms with Crippen LogP contribution in [0.15, 0.2) is 58.8 Å². The third-order valence-electron chi connectivity index (χ3n) is 5.18. The lowest BCUT2D eigenvalue weighted by Gasteiger charge is -2.40. The lowest BCUT2D eigenvalue weighted by Crippen LogP contribution is -2.46. The monoisotopic (exact) mass is 410 g/mol. The summed E-state index contributed by atoms with van der Waals surface area (Å²) in [5.41, 5.74) is 0.608. The number of amides is 2. The molecule has 1 fully saturated rings. The molecule has 1 aromatic heterocycles. The zero-order valence-corrected chi connectivity index (χ0v) is 17.8. The van der Waals surface area contributed by atoms with Gasteiger partial charge in [-0.05, 0) is 42.5 Å². The first-order valence-corrected chi connectivity index (χ1v) is 10.4. The molecule has 0 spiro atoms. The van der Waals surface area contributed by atoms with Crippen LogP contribution in [0.1, 0.15) is 49.7 Å². The molecule has 0 saturated carbocycles.